The number of aliphatic hydroxyl groups excluding tert-OH is 1. The number of nitrogens with one attached hydrogen (secondary N) is 1. The van der Waals surface area contributed by atoms with Crippen LogP contribution in [0.4, 0.5) is 4.79 Å². The van der Waals surface area contributed by atoms with Gasteiger partial charge in [-0.3, -0.25) is 0 Å². The van der Waals surface area contributed by atoms with Crippen LogP contribution in [0.3, 0.4) is 0 Å². The lowest BCUT2D eigenvalue weighted by Crippen LogP contribution is -2.42. The maximum atomic E-state index is 12.6. The van der Waals surface area contributed by atoms with Gasteiger partial charge in [0.1, 0.15) is 5.75 Å². The Hall–Kier alpha value is -1.79. The van der Waals surface area contributed by atoms with Gasteiger partial charge in [-0.1, -0.05) is 12.1 Å². The van der Waals surface area contributed by atoms with Gasteiger partial charge in [0, 0.05) is 32.3 Å². The number of carbonyl (C=O) groups is 1. The van der Waals surface area contributed by atoms with Crippen molar-refractivity contribution in [2.75, 3.05) is 32.8 Å². The van der Waals surface area contributed by atoms with Crippen LogP contribution in [0.1, 0.15) is 37.7 Å². The summed E-state index contributed by atoms with van der Waals surface area (Å²) in [6, 6.07) is 7.43. The van der Waals surface area contributed by atoms with Gasteiger partial charge in [0.2, 0.25) is 0 Å². The number of rotatable bonds is 8. The molecule has 2 amide bonds. The number of urea groups is 1. The van der Waals surface area contributed by atoms with Crippen molar-refractivity contribution in [1.29, 1.82) is 0 Å². The number of benzene rings is 1. The van der Waals surface area contributed by atoms with E-state index in [1.165, 1.54) is 0 Å². The smallest absolute Gasteiger partial charge is 0.317 e. The molecule has 1 saturated carbocycles. The largest absolute Gasteiger partial charge is 0.508 e. The standard InChI is InChI=1S/C20H31N3O3/c24-15-17-5-2-10-22(13-17)11-3-9-21-20(26)23(18-7-8-18)14-16-4-1-6-19(25)12-16/h1,4,6,12,17-18,24-25H,2-3,5,7-11,13-15H2,(H,21,26). The van der Waals surface area contributed by atoms with Gasteiger partial charge >= 0.3 is 6.03 Å². The third-order valence-corrected chi connectivity index (χ3v) is 5.30. The lowest BCUT2D eigenvalue weighted by atomic mass is 9.99. The maximum Gasteiger partial charge on any atom is 0.317 e. The summed E-state index contributed by atoms with van der Waals surface area (Å²) in [5, 5.41) is 22.0. The first kappa shape index (κ1) is 19.0. The fourth-order valence-corrected chi connectivity index (χ4v) is 3.71. The molecule has 0 bridgehead atoms. The van der Waals surface area contributed by atoms with E-state index in [0.29, 0.717) is 25.0 Å². The summed E-state index contributed by atoms with van der Waals surface area (Å²) in [5.41, 5.74) is 0.954. The zero-order chi connectivity index (χ0) is 18.4. The molecule has 6 nitrogen and oxygen atoms in total. The van der Waals surface area contributed by atoms with Crippen molar-refractivity contribution in [2.24, 2.45) is 5.92 Å². The van der Waals surface area contributed by atoms with Gasteiger partial charge in [0.25, 0.3) is 0 Å². The van der Waals surface area contributed by atoms with Crippen LogP contribution in [-0.2, 0) is 6.54 Å². The molecule has 144 valence electrons. The summed E-state index contributed by atoms with van der Waals surface area (Å²) in [5.74, 6) is 0.646. The molecule has 2 aliphatic rings. The molecule has 0 spiro atoms. The first-order chi connectivity index (χ1) is 12.7. The van der Waals surface area contributed by atoms with Crippen molar-refractivity contribution in [3.8, 4) is 5.75 Å². The average molecular weight is 361 g/mol. The second-order valence-electron chi connectivity index (χ2n) is 7.61. The van der Waals surface area contributed by atoms with E-state index in [0.717, 1.165) is 57.3 Å². The normalized spacial score (nSPS) is 20.7. The number of likely N-dealkylation sites (tertiary alicyclic amines) is 1. The fraction of sp³-hybridized carbons (Fsp3) is 0.650. The summed E-state index contributed by atoms with van der Waals surface area (Å²) in [6.45, 7) is 4.51. The Morgan fingerprint density at radius 1 is 1.31 bits per heavy atom. The molecule has 0 aromatic heterocycles. The average Bonchev–Trinajstić information content (AvgIpc) is 3.48. The van der Waals surface area contributed by atoms with E-state index in [2.05, 4.69) is 10.2 Å². The number of hydrogen-bond acceptors (Lipinski definition) is 4. The van der Waals surface area contributed by atoms with Crippen molar-refractivity contribution >= 4 is 6.03 Å². The molecule has 3 rings (SSSR count). The molecule has 1 aliphatic carbocycles. The summed E-state index contributed by atoms with van der Waals surface area (Å²) < 4.78 is 0. The summed E-state index contributed by atoms with van der Waals surface area (Å²) in [6.07, 6.45) is 5.31. The monoisotopic (exact) mass is 361 g/mol. The van der Waals surface area contributed by atoms with E-state index in [1.807, 2.05) is 17.0 Å². The number of nitrogens with zero attached hydrogens (tertiary/aromatic N) is 2. The maximum absolute atomic E-state index is 12.6. The van der Waals surface area contributed by atoms with Gasteiger partial charge in [-0.05, 0) is 68.8 Å². The molecule has 1 saturated heterocycles. The minimum absolute atomic E-state index is 0.0114. The number of carbonyl (C=O) groups excluding carboxylic acids is 1. The highest BCUT2D eigenvalue weighted by Crippen LogP contribution is 2.28. The zero-order valence-electron chi connectivity index (χ0n) is 15.4. The van der Waals surface area contributed by atoms with Crippen LogP contribution in [-0.4, -0.2) is 64.9 Å². The molecule has 1 aromatic rings. The molecule has 1 atom stereocenters. The first-order valence-corrected chi connectivity index (χ1v) is 9.81. The number of hydrogen-bond donors (Lipinski definition) is 3. The minimum Gasteiger partial charge on any atom is -0.508 e. The van der Waals surface area contributed by atoms with E-state index < -0.39 is 0 Å². The molecule has 2 fully saturated rings. The van der Waals surface area contributed by atoms with Crippen molar-refractivity contribution in [1.82, 2.24) is 15.1 Å². The lowest BCUT2D eigenvalue weighted by Gasteiger charge is -2.31. The third-order valence-electron chi connectivity index (χ3n) is 5.30. The minimum atomic E-state index is -0.0114. The van der Waals surface area contributed by atoms with Crippen LogP contribution >= 0.6 is 0 Å². The van der Waals surface area contributed by atoms with Gasteiger partial charge in [-0.15, -0.1) is 0 Å². The quantitative estimate of drug-likeness (QED) is 0.620. The Balaban J connectivity index is 1.41. The summed E-state index contributed by atoms with van der Waals surface area (Å²) in [7, 11) is 0. The SMILES string of the molecule is O=C(NCCCN1CCCC(CO)C1)N(Cc1cccc(O)c1)C1CC1. The number of phenolic OH excluding ortho intramolecular Hbond substituents is 1. The van der Waals surface area contributed by atoms with Crippen molar-refractivity contribution in [2.45, 2.75) is 44.7 Å². The van der Waals surface area contributed by atoms with E-state index in [4.69, 9.17) is 0 Å². The predicted molar refractivity (Wildman–Crippen MR) is 101 cm³/mol. The van der Waals surface area contributed by atoms with Gasteiger partial charge < -0.3 is 25.3 Å². The lowest BCUT2D eigenvalue weighted by molar-refractivity contribution is 0.119. The van der Waals surface area contributed by atoms with Gasteiger partial charge in [0.15, 0.2) is 0 Å². The Kier molecular flexibility index (Phi) is 6.74. The molecule has 6 heteroatoms. The number of phenols is 1. The van der Waals surface area contributed by atoms with E-state index >= 15 is 0 Å². The van der Waals surface area contributed by atoms with Crippen molar-refractivity contribution in [3.63, 3.8) is 0 Å². The van der Waals surface area contributed by atoms with Crippen molar-refractivity contribution in [3.05, 3.63) is 29.8 Å². The second-order valence-corrected chi connectivity index (χ2v) is 7.61. The topological polar surface area (TPSA) is 76.0 Å². The first-order valence-electron chi connectivity index (χ1n) is 9.81. The van der Waals surface area contributed by atoms with Crippen LogP contribution in [0.2, 0.25) is 0 Å². The van der Waals surface area contributed by atoms with E-state index in [9.17, 15) is 15.0 Å². The highest BCUT2D eigenvalue weighted by molar-refractivity contribution is 5.74. The van der Waals surface area contributed by atoms with Gasteiger partial charge in [-0.2, -0.15) is 0 Å². The number of piperidine rings is 1. The highest BCUT2D eigenvalue weighted by Gasteiger charge is 2.32. The Morgan fingerprint density at radius 2 is 2.15 bits per heavy atom. The summed E-state index contributed by atoms with van der Waals surface area (Å²) >= 11 is 0. The van der Waals surface area contributed by atoms with Crippen LogP contribution in [0.5, 0.6) is 5.75 Å². The molecule has 26 heavy (non-hydrogen) atoms. The number of aromatic hydroxyl groups is 1. The summed E-state index contributed by atoms with van der Waals surface area (Å²) in [4.78, 5) is 16.8. The Labute approximate surface area is 155 Å². The van der Waals surface area contributed by atoms with E-state index in [-0.39, 0.29) is 18.4 Å². The second kappa shape index (κ2) is 9.24. The highest BCUT2D eigenvalue weighted by atomic mass is 16.3. The van der Waals surface area contributed by atoms with Crippen molar-refractivity contribution < 1.29 is 15.0 Å². The van der Waals surface area contributed by atoms with Crippen LogP contribution < -0.4 is 5.32 Å². The van der Waals surface area contributed by atoms with E-state index in [1.54, 1.807) is 12.1 Å². The van der Waals surface area contributed by atoms with Gasteiger partial charge in [0.05, 0.1) is 0 Å². The molecule has 1 aliphatic heterocycles. The third kappa shape index (κ3) is 5.61. The molecular weight excluding hydrogens is 330 g/mol. The Morgan fingerprint density at radius 3 is 2.88 bits per heavy atom. The van der Waals surface area contributed by atoms with Gasteiger partial charge in [-0.25, -0.2) is 4.79 Å². The molecule has 1 aromatic carbocycles. The molecule has 1 heterocycles. The zero-order valence-corrected chi connectivity index (χ0v) is 15.4. The van der Waals surface area contributed by atoms with Crippen LogP contribution in [0, 0.1) is 5.92 Å². The van der Waals surface area contributed by atoms with Crippen LogP contribution in [0.15, 0.2) is 24.3 Å². The fourth-order valence-electron chi connectivity index (χ4n) is 3.71. The number of aliphatic hydroxyl groups is 1. The van der Waals surface area contributed by atoms with Crippen LogP contribution in [0.25, 0.3) is 0 Å². The Bertz CT molecular complexity index is 591. The molecular formula is C20H31N3O3. The number of amides is 2. The molecule has 3 N–H and O–H groups in total. The molecule has 1 unspecified atom stereocenters. The predicted octanol–water partition coefficient (Wildman–Crippen LogP) is 2.16. The molecule has 0 radical (unpaired) electrons.